The lowest BCUT2D eigenvalue weighted by Crippen LogP contribution is -2.48. The topological polar surface area (TPSA) is 52.6 Å². The van der Waals surface area contributed by atoms with Crippen LogP contribution in [0.1, 0.15) is 59.3 Å². The molecule has 20 heavy (non-hydrogen) atoms. The maximum atomic E-state index is 12.2. The Hall–Kier alpha value is -1.06. The van der Waals surface area contributed by atoms with Gasteiger partial charge in [0.15, 0.2) is 0 Å². The van der Waals surface area contributed by atoms with Gasteiger partial charge in [-0.2, -0.15) is 0 Å². The second-order valence-corrected chi connectivity index (χ2v) is 7.38. The van der Waals surface area contributed by atoms with Crippen LogP contribution in [0.15, 0.2) is 0 Å². The summed E-state index contributed by atoms with van der Waals surface area (Å²) in [6.45, 7) is 5.62. The van der Waals surface area contributed by atoms with Crippen molar-refractivity contribution in [2.75, 3.05) is 7.11 Å². The van der Waals surface area contributed by atoms with Gasteiger partial charge in [0.1, 0.15) is 5.60 Å². The maximum absolute atomic E-state index is 12.2. The Bertz CT molecular complexity index is 396. The molecule has 2 rings (SSSR count). The second kappa shape index (κ2) is 5.38. The summed E-state index contributed by atoms with van der Waals surface area (Å²) in [5.41, 5.74) is -0.682. The zero-order valence-electron chi connectivity index (χ0n) is 13.0. The molecule has 4 heteroatoms. The fourth-order valence-electron chi connectivity index (χ4n) is 4.09. The number of rotatable bonds is 4. The molecule has 2 aliphatic rings. The molecular weight excluding hydrogens is 256 g/mol. The van der Waals surface area contributed by atoms with Gasteiger partial charge < -0.3 is 9.47 Å². The fraction of sp³-hybridized carbons (Fsp3) is 0.875. The Labute approximate surface area is 121 Å². The van der Waals surface area contributed by atoms with E-state index in [9.17, 15) is 9.59 Å². The van der Waals surface area contributed by atoms with Crippen molar-refractivity contribution in [3.63, 3.8) is 0 Å². The molecule has 0 radical (unpaired) electrons. The second-order valence-electron chi connectivity index (χ2n) is 7.38. The van der Waals surface area contributed by atoms with E-state index in [1.165, 1.54) is 20.0 Å². The van der Waals surface area contributed by atoms with Crippen LogP contribution in [0.25, 0.3) is 0 Å². The molecule has 0 unspecified atom stereocenters. The summed E-state index contributed by atoms with van der Waals surface area (Å²) < 4.78 is 10.3. The molecule has 0 aromatic rings. The van der Waals surface area contributed by atoms with Crippen molar-refractivity contribution in [1.29, 1.82) is 0 Å². The van der Waals surface area contributed by atoms with Crippen molar-refractivity contribution < 1.29 is 19.1 Å². The van der Waals surface area contributed by atoms with Crippen LogP contribution in [0.3, 0.4) is 0 Å². The van der Waals surface area contributed by atoms with Crippen LogP contribution in [-0.4, -0.2) is 24.6 Å². The zero-order chi connectivity index (χ0) is 15.0. The summed E-state index contributed by atoms with van der Waals surface area (Å²) in [4.78, 5) is 23.9. The molecule has 2 aliphatic carbocycles. The first-order valence-corrected chi connectivity index (χ1v) is 7.54. The number of esters is 2. The molecule has 2 fully saturated rings. The summed E-state index contributed by atoms with van der Waals surface area (Å²) in [5.74, 6) is 0.793. The van der Waals surface area contributed by atoms with Crippen LogP contribution in [-0.2, 0) is 19.1 Å². The van der Waals surface area contributed by atoms with Gasteiger partial charge in [0.2, 0.25) is 0 Å². The highest BCUT2D eigenvalue weighted by Gasteiger charge is 2.57. The molecule has 114 valence electrons. The van der Waals surface area contributed by atoms with Gasteiger partial charge in [-0.15, -0.1) is 0 Å². The summed E-state index contributed by atoms with van der Waals surface area (Å²) >= 11 is 0. The molecule has 0 bridgehead atoms. The lowest BCUT2D eigenvalue weighted by Gasteiger charge is -2.52. The van der Waals surface area contributed by atoms with E-state index in [2.05, 4.69) is 0 Å². The van der Waals surface area contributed by atoms with Gasteiger partial charge in [-0.25, -0.2) is 0 Å². The number of carbonyl (C=O) groups is 2. The summed E-state index contributed by atoms with van der Waals surface area (Å²) in [6, 6.07) is 0. The zero-order valence-corrected chi connectivity index (χ0v) is 13.0. The maximum Gasteiger partial charge on any atom is 0.306 e. The molecule has 2 saturated carbocycles. The number of hydrogen-bond acceptors (Lipinski definition) is 4. The molecule has 0 aliphatic heterocycles. The van der Waals surface area contributed by atoms with E-state index >= 15 is 0 Å². The first-order chi connectivity index (χ1) is 9.26. The molecular formula is C16H26O4. The van der Waals surface area contributed by atoms with Gasteiger partial charge in [-0.05, 0) is 50.9 Å². The van der Waals surface area contributed by atoms with Crippen LogP contribution in [0.2, 0.25) is 0 Å². The molecule has 0 saturated heterocycles. The van der Waals surface area contributed by atoms with E-state index in [0.29, 0.717) is 24.7 Å². The Kier molecular flexibility index (Phi) is 4.12. The Morgan fingerprint density at radius 1 is 1.15 bits per heavy atom. The smallest absolute Gasteiger partial charge is 0.306 e. The molecule has 0 amide bonds. The molecule has 0 heterocycles. The largest absolute Gasteiger partial charge is 0.469 e. The summed E-state index contributed by atoms with van der Waals surface area (Å²) in [6.07, 6.45) is 5.25. The van der Waals surface area contributed by atoms with Crippen LogP contribution in [0.5, 0.6) is 0 Å². The standard InChI is InChI=1S/C16H26O4/c1-15(2,3)20-14(18)10-16(9-13(17)19-4)8-11-6-5-7-12(11)16/h11-12H,5-10H2,1-4H3/t11-,12-,16+/m1/s1. The van der Waals surface area contributed by atoms with Crippen LogP contribution in [0, 0.1) is 17.3 Å². The van der Waals surface area contributed by atoms with Gasteiger partial charge in [0, 0.05) is 0 Å². The minimum Gasteiger partial charge on any atom is -0.469 e. The fourth-order valence-corrected chi connectivity index (χ4v) is 4.09. The first-order valence-electron chi connectivity index (χ1n) is 7.54. The Balaban J connectivity index is 2.04. The SMILES string of the molecule is COC(=O)C[C@]1(CC(=O)OC(C)(C)C)C[C@H]2CCC[C@H]21. The third-order valence-electron chi connectivity index (χ3n) is 4.75. The van der Waals surface area contributed by atoms with Gasteiger partial charge in [0.05, 0.1) is 20.0 Å². The number of hydrogen-bond donors (Lipinski definition) is 0. The van der Waals surface area contributed by atoms with Crippen molar-refractivity contribution in [2.45, 2.75) is 64.9 Å². The van der Waals surface area contributed by atoms with Crippen LogP contribution in [0.4, 0.5) is 0 Å². The number of carbonyl (C=O) groups excluding carboxylic acids is 2. The normalized spacial score (nSPS) is 32.2. The average molecular weight is 282 g/mol. The van der Waals surface area contributed by atoms with Gasteiger partial charge in [-0.1, -0.05) is 12.8 Å². The van der Waals surface area contributed by atoms with E-state index in [4.69, 9.17) is 9.47 Å². The first kappa shape index (κ1) is 15.3. The van der Waals surface area contributed by atoms with Gasteiger partial charge >= 0.3 is 11.9 Å². The highest BCUT2D eigenvalue weighted by molar-refractivity contribution is 5.75. The Morgan fingerprint density at radius 2 is 1.80 bits per heavy atom. The van der Waals surface area contributed by atoms with Crippen molar-refractivity contribution >= 4 is 11.9 Å². The minimum atomic E-state index is -0.470. The predicted octanol–water partition coefficient (Wildman–Crippen LogP) is 3.09. The van der Waals surface area contributed by atoms with Gasteiger partial charge in [0.25, 0.3) is 0 Å². The molecule has 0 spiro atoms. The van der Waals surface area contributed by atoms with Gasteiger partial charge in [-0.3, -0.25) is 9.59 Å². The highest BCUT2D eigenvalue weighted by atomic mass is 16.6. The van der Waals surface area contributed by atoms with Crippen molar-refractivity contribution in [3.8, 4) is 0 Å². The number of ether oxygens (including phenoxy) is 2. The Morgan fingerprint density at radius 3 is 2.35 bits per heavy atom. The minimum absolute atomic E-state index is 0.188. The van der Waals surface area contributed by atoms with E-state index < -0.39 is 5.60 Å². The highest BCUT2D eigenvalue weighted by Crippen LogP contribution is 2.62. The quantitative estimate of drug-likeness (QED) is 0.744. The van der Waals surface area contributed by atoms with E-state index in [1.807, 2.05) is 20.8 Å². The van der Waals surface area contributed by atoms with Crippen LogP contribution >= 0.6 is 0 Å². The predicted molar refractivity (Wildman–Crippen MR) is 75.0 cm³/mol. The van der Waals surface area contributed by atoms with E-state index in [-0.39, 0.29) is 17.4 Å². The molecule has 0 aromatic carbocycles. The average Bonchev–Trinajstić information content (AvgIpc) is 2.68. The molecule has 0 N–H and O–H groups in total. The number of methoxy groups -OCH3 is 1. The van der Waals surface area contributed by atoms with Crippen molar-refractivity contribution in [3.05, 3.63) is 0 Å². The summed E-state index contributed by atoms with van der Waals surface area (Å²) in [5, 5.41) is 0. The van der Waals surface area contributed by atoms with Crippen LogP contribution < -0.4 is 0 Å². The third-order valence-corrected chi connectivity index (χ3v) is 4.75. The lowest BCUT2D eigenvalue weighted by molar-refractivity contribution is -0.167. The molecule has 4 nitrogen and oxygen atoms in total. The molecule has 3 atom stereocenters. The van der Waals surface area contributed by atoms with Crippen molar-refractivity contribution in [2.24, 2.45) is 17.3 Å². The lowest BCUT2D eigenvalue weighted by atomic mass is 9.52. The van der Waals surface area contributed by atoms with E-state index in [0.717, 1.165) is 12.8 Å². The number of fused-ring (bicyclic) bond motifs is 1. The van der Waals surface area contributed by atoms with Crippen molar-refractivity contribution in [1.82, 2.24) is 0 Å². The monoisotopic (exact) mass is 282 g/mol. The molecule has 0 aromatic heterocycles. The van der Waals surface area contributed by atoms with E-state index in [1.54, 1.807) is 0 Å². The third kappa shape index (κ3) is 3.15. The summed E-state index contributed by atoms with van der Waals surface area (Å²) in [7, 11) is 1.41.